The van der Waals surface area contributed by atoms with E-state index in [-0.39, 0.29) is 11.7 Å². The SMILES string of the molecule is CCCNC(C)(CCCN(C)CCS(C)(=O)=O)C(=O)OC. The summed E-state index contributed by atoms with van der Waals surface area (Å²) < 4.78 is 27.1. The Kier molecular flexibility index (Phi) is 9.08. The van der Waals surface area contributed by atoms with E-state index in [2.05, 4.69) is 5.32 Å². The first-order valence-corrected chi connectivity index (χ1v) is 9.40. The summed E-state index contributed by atoms with van der Waals surface area (Å²) in [4.78, 5) is 13.9. The largest absolute Gasteiger partial charge is 0.468 e. The fraction of sp³-hybridized carbons (Fsp3) is 0.929. The lowest BCUT2D eigenvalue weighted by Gasteiger charge is -2.28. The predicted octanol–water partition coefficient (Wildman–Crippen LogP) is 0.674. The van der Waals surface area contributed by atoms with Crippen LogP contribution in [0.2, 0.25) is 0 Å². The zero-order valence-corrected chi connectivity index (χ0v) is 14.8. The molecule has 1 N–H and O–H groups in total. The van der Waals surface area contributed by atoms with Crippen LogP contribution < -0.4 is 5.32 Å². The molecule has 0 heterocycles. The van der Waals surface area contributed by atoms with Gasteiger partial charge in [-0.15, -0.1) is 0 Å². The summed E-state index contributed by atoms with van der Waals surface area (Å²) in [5, 5.41) is 3.24. The molecule has 0 aromatic carbocycles. The molecule has 21 heavy (non-hydrogen) atoms. The van der Waals surface area contributed by atoms with Crippen molar-refractivity contribution in [1.82, 2.24) is 10.2 Å². The van der Waals surface area contributed by atoms with Gasteiger partial charge in [0.2, 0.25) is 0 Å². The van der Waals surface area contributed by atoms with Gasteiger partial charge in [-0.1, -0.05) is 6.92 Å². The van der Waals surface area contributed by atoms with E-state index in [4.69, 9.17) is 4.74 Å². The normalized spacial score (nSPS) is 15.0. The molecular weight excluding hydrogens is 292 g/mol. The number of methoxy groups -OCH3 is 1. The van der Waals surface area contributed by atoms with Crippen LogP contribution in [-0.2, 0) is 19.4 Å². The van der Waals surface area contributed by atoms with Gasteiger partial charge in [0.05, 0.1) is 12.9 Å². The van der Waals surface area contributed by atoms with Crippen LogP contribution in [0.5, 0.6) is 0 Å². The quantitative estimate of drug-likeness (QED) is 0.564. The molecule has 0 spiro atoms. The highest BCUT2D eigenvalue weighted by Gasteiger charge is 2.32. The lowest BCUT2D eigenvalue weighted by Crippen LogP contribution is -2.50. The number of carbonyl (C=O) groups excluding carboxylic acids is 1. The number of nitrogens with one attached hydrogen (secondary N) is 1. The third-order valence-corrected chi connectivity index (χ3v) is 4.39. The molecule has 0 rings (SSSR count). The first-order valence-electron chi connectivity index (χ1n) is 7.34. The van der Waals surface area contributed by atoms with Crippen molar-refractivity contribution >= 4 is 15.8 Å². The van der Waals surface area contributed by atoms with Crippen molar-refractivity contribution in [2.24, 2.45) is 0 Å². The van der Waals surface area contributed by atoms with Gasteiger partial charge < -0.3 is 15.0 Å². The number of ether oxygens (including phenoxy) is 1. The second-order valence-electron chi connectivity index (χ2n) is 5.79. The van der Waals surface area contributed by atoms with Crippen LogP contribution in [0.4, 0.5) is 0 Å². The van der Waals surface area contributed by atoms with Crippen molar-refractivity contribution in [2.45, 2.75) is 38.6 Å². The summed E-state index contributed by atoms with van der Waals surface area (Å²) in [7, 11) is 0.354. The molecule has 0 aliphatic carbocycles. The van der Waals surface area contributed by atoms with Gasteiger partial charge in [-0.2, -0.15) is 0 Å². The number of esters is 1. The minimum atomic E-state index is -2.93. The summed E-state index contributed by atoms with van der Waals surface area (Å²) >= 11 is 0. The van der Waals surface area contributed by atoms with Crippen LogP contribution in [0.3, 0.4) is 0 Å². The Balaban J connectivity index is 4.27. The van der Waals surface area contributed by atoms with Crippen LogP contribution in [-0.4, -0.2) is 70.6 Å². The Labute approximate surface area is 129 Å². The van der Waals surface area contributed by atoms with Crippen molar-refractivity contribution in [3.8, 4) is 0 Å². The van der Waals surface area contributed by atoms with E-state index in [9.17, 15) is 13.2 Å². The Morgan fingerprint density at radius 2 is 1.95 bits per heavy atom. The number of nitrogens with zero attached hydrogens (tertiary/aromatic N) is 1. The average molecular weight is 322 g/mol. The average Bonchev–Trinajstić information content (AvgIpc) is 2.41. The highest BCUT2D eigenvalue weighted by molar-refractivity contribution is 7.90. The number of hydrogen-bond donors (Lipinski definition) is 1. The summed E-state index contributed by atoms with van der Waals surface area (Å²) in [6.07, 6.45) is 3.64. The smallest absolute Gasteiger partial charge is 0.325 e. The molecule has 0 aromatic heterocycles. The number of hydrogen-bond acceptors (Lipinski definition) is 6. The zero-order valence-electron chi connectivity index (χ0n) is 13.9. The molecule has 0 radical (unpaired) electrons. The third-order valence-electron chi connectivity index (χ3n) is 3.46. The molecule has 0 aromatic rings. The van der Waals surface area contributed by atoms with Gasteiger partial charge in [-0.3, -0.25) is 4.79 Å². The van der Waals surface area contributed by atoms with Crippen LogP contribution in [0.1, 0.15) is 33.1 Å². The zero-order chi connectivity index (χ0) is 16.5. The van der Waals surface area contributed by atoms with Crippen molar-refractivity contribution < 1.29 is 17.9 Å². The molecule has 126 valence electrons. The minimum absolute atomic E-state index is 0.159. The van der Waals surface area contributed by atoms with Crippen LogP contribution in [0, 0.1) is 0 Å². The van der Waals surface area contributed by atoms with Gasteiger partial charge >= 0.3 is 5.97 Å². The van der Waals surface area contributed by atoms with Crippen molar-refractivity contribution in [3.63, 3.8) is 0 Å². The lowest BCUT2D eigenvalue weighted by molar-refractivity contribution is -0.148. The Bertz CT molecular complexity index is 411. The van der Waals surface area contributed by atoms with Crippen molar-refractivity contribution in [1.29, 1.82) is 0 Å². The summed E-state index contributed by atoms with van der Waals surface area (Å²) in [6.45, 7) is 5.91. The molecule has 7 heteroatoms. The summed E-state index contributed by atoms with van der Waals surface area (Å²) in [6, 6.07) is 0. The molecule has 0 amide bonds. The molecule has 0 saturated heterocycles. The van der Waals surface area contributed by atoms with Gasteiger partial charge in [0.1, 0.15) is 15.4 Å². The maximum absolute atomic E-state index is 11.9. The molecule has 6 nitrogen and oxygen atoms in total. The van der Waals surface area contributed by atoms with Crippen LogP contribution >= 0.6 is 0 Å². The highest BCUT2D eigenvalue weighted by atomic mass is 32.2. The molecule has 0 bridgehead atoms. The first kappa shape index (κ1) is 20.3. The second-order valence-corrected chi connectivity index (χ2v) is 8.05. The minimum Gasteiger partial charge on any atom is -0.468 e. The summed E-state index contributed by atoms with van der Waals surface area (Å²) in [5.41, 5.74) is -0.678. The van der Waals surface area contributed by atoms with E-state index in [0.717, 1.165) is 25.9 Å². The van der Waals surface area contributed by atoms with Gasteiger partial charge in [0.15, 0.2) is 0 Å². The number of sulfone groups is 1. The van der Waals surface area contributed by atoms with Gasteiger partial charge in [0.25, 0.3) is 0 Å². The fourth-order valence-electron chi connectivity index (χ4n) is 2.02. The molecule has 1 atom stereocenters. The lowest BCUT2D eigenvalue weighted by atomic mass is 9.95. The molecular formula is C14H30N2O4S. The van der Waals surface area contributed by atoms with Crippen molar-refractivity contribution in [2.75, 3.05) is 45.8 Å². The van der Waals surface area contributed by atoms with E-state index in [1.54, 1.807) is 0 Å². The number of rotatable bonds is 11. The topological polar surface area (TPSA) is 75.7 Å². The Hall–Kier alpha value is -0.660. The van der Waals surface area contributed by atoms with E-state index in [1.165, 1.54) is 13.4 Å². The van der Waals surface area contributed by atoms with Gasteiger partial charge in [-0.05, 0) is 46.3 Å². The molecule has 0 aliphatic heterocycles. The second kappa shape index (κ2) is 9.38. The molecule has 0 fully saturated rings. The summed E-state index contributed by atoms with van der Waals surface area (Å²) in [5.74, 6) is -0.0963. The first-order chi connectivity index (χ1) is 9.64. The van der Waals surface area contributed by atoms with E-state index >= 15 is 0 Å². The third kappa shape index (κ3) is 9.06. The highest BCUT2D eigenvalue weighted by Crippen LogP contribution is 2.15. The van der Waals surface area contributed by atoms with E-state index < -0.39 is 15.4 Å². The van der Waals surface area contributed by atoms with E-state index in [1.807, 2.05) is 25.8 Å². The van der Waals surface area contributed by atoms with Gasteiger partial charge in [0, 0.05) is 12.8 Å². The maximum atomic E-state index is 11.9. The van der Waals surface area contributed by atoms with Crippen molar-refractivity contribution in [3.05, 3.63) is 0 Å². The van der Waals surface area contributed by atoms with Crippen LogP contribution in [0.15, 0.2) is 0 Å². The molecule has 1 unspecified atom stereocenters. The fourth-order valence-corrected chi connectivity index (χ4v) is 2.67. The Morgan fingerprint density at radius 1 is 1.33 bits per heavy atom. The van der Waals surface area contributed by atoms with Crippen LogP contribution in [0.25, 0.3) is 0 Å². The molecule has 0 aliphatic rings. The standard InChI is InChI=1S/C14H30N2O4S/c1-6-9-15-14(2,13(17)20-4)8-7-10-16(3)11-12-21(5,18)19/h15H,6-12H2,1-5H3. The van der Waals surface area contributed by atoms with E-state index in [0.29, 0.717) is 13.0 Å². The van der Waals surface area contributed by atoms with Gasteiger partial charge in [-0.25, -0.2) is 8.42 Å². The maximum Gasteiger partial charge on any atom is 0.325 e. The number of carbonyl (C=O) groups is 1. The monoisotopic (exact) mass is 322 g/mol. The molecule has 0 saturated carbocycles. The Morgan fingerprint density at radius 3 is 2.43 bits per heavy atom. The predicted molar refractivity (Wildman–Crippen MR) is 85.2 cm³/mol.